The third-order valence-corrected chi connectivity index (χ3v) is 4.10. The minimum atomic E-state index is 0.965. The van der Waals surface area contributed by atoms with Crippen LogP contribution in [0, 0.1) is 0 Å². The standard InChI is InChI=1S/C22H17N/c1-2-6-17(7-3-1)16-18-10-12-20(13-11-18)22-15-14-19-8-4-5-9-21(19)23-22/h1-15H,16H2. The summed E-state index contributed by atoms with van der Waals surface area (Å²) in [7, 11) is 0. The fourth-order valence-electron chi connectivity index (χ4n) is 2.85. The van der Waals surface area contributed by atoms with Crippen LogP contribution in [-0.2, 0) is 6.42 Å². The fourth-order valence-corrected chi connectivity index (χ4v) is 2.85. The number of fused-ring (bicyclic) bond motifs is 1. The first-order valence-corrected chi connectivity index (χ1v) is 7.87. The lowest BCUT2D eigenvalue weighted by atomic mass is 10.0. The first-order chi connectivity index (χ1) is 11.4. The quantitative estimate of drug-likeness (QED) is 0.487. The monoisotopic (exact) mass is 295 g/mol. The van der Waals surface area contributed by atoms with Crippen molar-refractivity contribution >= 4 is 10.9 Å². The molecule has 4 aromatic rings. The molecule has 0 aliphatic carbocycles. The summed E-state index contributed by atoms with van der Waals surface area (Å²) in [4.78, 5) is 4.76. The minimum absolute atomic E-state index is 0.965. The predicted octanol–water partition coefficient (Wildman–Crippen LogP) is 5.49. The molecule has 0 bridgehead atoms. The highest BCUT2D eigenvalue weighted by molar-refractivity contribution is 5.81. The molecule has 0 spiro atoms. The van der Waals surface area contributed by atoms with Crippen molar-refractivity contribution in [2.75, 3.05) is 0 Å². The van der Waals surface area contributed by atoms with E-state index in [0.717, 1.165) is 23.2 Å². The Morgan fingerprint density at radius 3 is 2.09 bits per heavy atom. The average Bonchev–Trinajstić information content (AvgIpc) is 2.63. The summed E-state index contributed by atoms with van der Waals surface area (Å²) in [5.74, 6) is 0. The van der Waals surface area contributed by atoms with Gasteiger partial charge in [-0.15, -0.1) is 0 Å². The molecule has 3 aromatic carbocycles. The lowest BCUT2D eigenvalue weighted by Crippen LogP contribution is -1.89. The van der Waals surface area contributed by atoms with Gasteiger partial charge in [-0.25, -0.2) is 4.98 Å². The van der Waals surface area contributed by atoms with Crippen LogP contribution in [0.4, 0.5) is 0 Å². The molecule has 0 N–H and O–H groups in total. The molecule has 0 saturated carbocycles. The molecule has 0 aliphatic rings. The molecule has 1 heteroatoms. The molecule has 23 heavy (non-hydrogen) atoms. The second kappa shape index (κ2) is 6.05. The molecule has 1 heterocycles. The van der Waals surface area contributed by atoms with E-state index < -0.39 is 0 Å². The van der Waals surface area contributed by atoms with E-state index >= 15 is 0 Å². The van der Waals surface area contributed by atoms with Crippen LogP contribution in [-0.4, -0.2) is 4.98 Å². The Morgan fingerprint density at radius 2 is 1.26 bits per heavy atom. The van der Waals surface area contributed by atoms with Crippen molar-refractivity contribution in [2.24, 2.45) is 0 Å². The predicted molar refractivity (Wildman–Crippen MR) is 96.4 cm³/mol. The van der Waals surface area contributed by atoms with Crippen LogP contribution < -0.4 is 0 Å². The largest absolute Gasteiger partial charge is 0.248 e. The van der Waals surface area contributed by atoms with Gasteiger partial charge < -0.3 is 0 Å². The van der Waals surface area contributed by atoms with Crippen molar-refractivity contribution in [1.29, 1.82) is 0 Å². The first-order valence-electron chi connectivity index (χ1n) is 7.87. The number of pyridine rings is 1. The maximum absolute atomic E-state index is 4.76. The van der Waals surface area contributed by atoms with Gasteiger partial charge in [-0.3, -0.25) is 0 Å². The Balaban J connectivity index is 1.61. The van der Waals surface area contributed by atoms with E-state index in [2.05, 4.69) is 78.9 Å². The SMILES string of the molecule is c1ccc(Cc2ccc(-c3ccc4ccccc4n3)cc2)cc1. The van der Waals surface area contributed by atoms with Gasteiger partial charge in [-0.05, 0) is 29.7 Å². The van der Waals surface area contributed by atoms with Crippen LogP contribution in [0.1, 0.15) is 11.1 Å². The average molecular weight is 295 g/mol. The summed E-state index contributed by atoms with van der Waals surface area (Å²) in [5, 5.41) is 1.18. The summed E-state index contributed by atoms with van der Waals surface area (Å²) >= 11 is 0. The van der Waals surface area contributed by atoms with Crippen LogP contribution in [0.3, 0.4) is 0 Å². The molecule has 0 aliphatic heterocycles. The normalized spacial score (nSPS) is 10.8. The Morgan fingerprint density at radius 1 is 0.565 bits per heavy atom. The van der Waals surface area contributed by atoms with Crippen molar-refractivity contribution in [3.8, 4) is 11.3 Å². The van der Waals surface area contributed by atoms with Gasteiger partial charge in [0.05, 0.1) is 11.2 Å². The maximum Gasteiger partial charge on any atom is 0.0709 e. The summed E-state index contributed by atoms with van der Waals surface area (Å²) in [6.45, 7) is 0. The first kappa shape index (κ1) is 13.7. The Bertz CT molecular complexity index is 925. The van der Waals surface area contributed by atoms with Crippen LogP contribution in [0.5, 0.6) is 0 Å². The Kier molecular flexibility index (Phi) is 3.61. The molecule has 0 radical (unpaired) electrons. The van der Waals surface area contributed by atoms with Crippen molar-refractivity contribution in [3.63, 3.8) is 0 Å². The Hall–Kier alpha value is -2.93. The van der Waals surface area contributed by atoms with Gasteiger partial charge in [0.25, 0.3) is 0 Å². The fraction of sp³-hybridized carbons (Fsp3) is 0.0455. The molecule has 0 saturated heterocycles. The van der Waals surface area contributed by atoms with E-state index in [9.17, 15) is 0 Å². The highest BCUT2D eigenvalue weighted by Crippen LogP contribution is 2.22. The van der Waals surface area contributed by atoms with Gasteiger partial charge >= 0.3 is 0 Å². The van der Waals surface area contributed by atoms with E-state index in [4.69, 9.17) is 4.98 Å². The lowest BCUT2D eigenvalue weighted by Gasteiger charge is -2.06. The number of aromatic nitrogens is 1. The van der Waals surface area contributed by atoms with Gasteiger partial charge in [0.15, 0.2) is 0 Å². The lowest BCUT2D eigenvalue weighted by molar-refractivity contribution is 1.19. The third kappa shape index (κ3) is 3.00. The van der Waals surface area contributed by atoms with Gasteiger partial charge in [0.1, 0.15) is 0 Å². The highest BCUT2D eigenvalue weighted by Gasteiger charge is 2.02. The summed E-state index contributed by atoms with van der Waals surface area (Å²) in [5.41, 5.74) is 5.88. The summed E-state index contributed by atoms with van der Waals surface area (Å²) in [6.07, 6.45) is 0.965. The van der Waals surface area contributed by atoms with E-state index in [-0.39, 0.29) is 0 Å². The minimum Gasteiger partial charge on any atom is -0.248 e. The molecule has 0 fully saturated rings. The van der Waals surface area contributed by atoms with Crippen LogP contribution in [0.15, 0.2) is 91.0 Å². The zero-order chi connectivity index (χ0) is 15.5. The zero-order valence-electron chi connectivity index (χ0n) is 12.8. The molecule has 1 nitrogen and oxygen atoms in total. The maximum atomic E-state index is 4.76. The number of hydrogen-bond acceptors (Lipinski definition) is 1. The van der Waals surface area contributed by atoms with Gasteiger partial charge in [-0.1, -0.05) is 78.9 Å². The van der Waals surface area contributed by atoms with Crippen molar-refractivity contribution < 1.29 is 0 Å². The number of benzene rings is 3. The van der Waals surface area contributed by atoms with Gasteiger partial charge in [0, 0.05) is 10.9 Å². The second-order valence-corrected chi connectivity index (χ2v) is 5.75. The van der Waals surface area contributed by atoms with Crippen LogP contribution in [0.25, 0.3) is 22.2 Å². The molecular weight excluding hydrogens is 278 g/mol. The van der Waals surface area contributed by atoms with Crippen molar-refractivity contribution in [1.82, 2.24) is 4.98 Å². The molecular formula is C22H17N. The third-order valence-electron chi connectivity index (χ3n) is 4.10. The molecule has 0 atom stereocenters. The summed E-state index contributed by atoms with van der Waals surface area (Å²) in [6, 6.07) is 31.7. The number of rotatable bonds is 3. The molecule has 0 unspecified atom stereocenters. The molecule has 4 rings (SSSR count). The number of para-hydroxylation sites is 1. The summed E-state index contributed by atoms with van der Waals surface area (Å²) < 4.78 is 0. The van der Waals surface area contributed by atoms with E-state index in [0.29, 0.717) is 0 Å². The molecule has 0 amide bonds. The molecule has 110 valence electrons. The number of hydrogen-bond donors (Lipinski definition) is 0. The highest BCUT2D eigenvalue weighted by atomic mass is 14.7. The molecule has 1 aromatic heterocycles. The van der Waals surface area contributed by atoms with Gasteiger partial charge in [-0.2, -0.15) is 0 Å². The van der Waals surface area contributed by atoms with Crippen molar-refractivity contribution in [3.05, 3.63) is 102 Å². The zero-order valence-corrected chi connectivity index (χ0v) is 12.8. The topological polar surface area (TPSA) is 12.9 Å². The van der Waals surface area contributed by atoms with Crippen LogP contribution >= 0.6 is 0 Å². The van der Waals surface area contributed by atoms with Crippen LogP contribution in [0.2, 0.25) is 0 Å². The van der Waals surface area contributed by atoms with E-state index in [1.165, 1.54) is 16.5 Å². The second-order valence-electron chi connectivity index (χ2n) is 5.75. The van der Waals surface area contributed by atoms with Crippen molar-refractivity contribution in [2.45, 2.75) is 6.42 Å². The number of nitrogens with zero attached hydrogens (tertiary/aromatic N) is 1. The smallest absolute Gasteiger partial charge is 0.0709 e. The Labute approximate surface area is 136 Å². The van der Waals surface area contributed by atoms with E-state index in [1.807, 2.05) is 12.1 Å². The van der Waals surface area contributed by atoms with Gasteiger partial charge in [0.2, 0.25) is 0 Å². The van der Waals surface area contributed by atoms with E-state index in [1.54, 1.807) is 0 Å².